The maximum absolute atomic E-state index is 2.30. The van der Waals surface area contributed by atoms with Crippen LogP contribution in [0.4, 0.5) is 0 Å². The van der Waals surface area contributed by atoms with E-state index in [-0.39, 0.29) is 0 Å². The molecule has 0 saturated carbocycles. The lowest BCUT2D eigenvalue weighted by Gasteiger charge is -2.09. The molecule has 3 rings (SSSR count). The monoisotopic (exact) mass is 220 g/mol. The predicted molar refractivity (Wildman–Crippen MR) is 75.7 cm³/mol. The molecule has 0 aliphatic heterocycles. The van der Waals surface area contributed by atoms with Gasteiger partial charge in [0.25, 0.3) is 0 Å². The number of hydrogen-bond donors (Lipinski definition) is 0. The van der Waals surface area contributed by atoms with E-state index in [1.807, 2.05) is 0 Å². The summed E-state index contributed by atoms with van der Waals surface area (Å²) >= 11 is 0. The van der Waals surface area contributed by atoms with Crippen molar-refractivity contribution in [1.29, 1.82) is 0 Å². The normalized spacial score (nSPS) is 11.2. The Bertz CT molecular complexity index is 721. The number of fused-ring (bicyclic) bond motifs is 2. The molecule has 0 amide bonds. The third kappa shape index (κ3) is 1.61. The molecule has 3 aromatic carbocycles. The fraction of sp³-hybridized carbons (Fsp3) is 0.176. The molecule has 0 bridgehead atoms. The molecule has 84 valence electrons. The van der Waals surface area contributed by atoms with Crippen LogP contribution < -0.4 is 0 Å². The van der Waals surface area contributed by atoms with E-state index in [2.05, 4.69) is 63.2 Å². The Kier molecular flexibility index (Phi) is 2.19. The molecule has 0 nitrogen and oxygen atoms in total. The zero-order chi connectivity index (χ0) is 12.0. The number of aryl methyl sites for hydroxylation is 3. The van der Waals surface area contributed by atoms with E-state index in [1.165, 1.54) is 38.2 Å². The Hall–Kier alpha value is -1.82. The summed E-state index contributed by atoms with van der Waals surface area (Å²) in [5, 5.41) is 5.43. The highest BCUT2D eigenvalue weighted by molar-refractivity contribution is 6.02. The van der Waals surface area contributed by atoms with E-state index >= 15 is 0 Å². The first kappa shape index (κ1) is 10.3. The molecule has 0 heterocycles. The van der Waals surface area contributed by atoms with Crippen LogP contribution in [0.2, 0.25) is 0 Å². The van der Waals surface area contributed by atoms with Gasteiger partial charge < -0.3 is 0 Å². The Morgan fingerprint density at radius 3 is 2.12 bits per heavy atom. The van der Waals surface area contributed by atoms with Crippen LogP contribution in [0.15, 0.2) is 42.5 Å². The van der Waals surface area contributed by atoms with Crippen molar-refractivity contribution in [1.82, 2.24) is 0 Å². The molecule has 0 unspecified atom stereocenters. The SMILES string of the molecule is Cc1ccc2c(C)c3cc(C)ccc3cc2c1. The molecule has 0 radical (unpaired) electrons. The quantitative estimate of drug-likeness (QED) is 0.472. The molecule has 0 N–H and O–H groups in total. The van der Waals surface area contributed by atoms with Gasteiger partial charge in [0.15, 0.2) is 0 Å². The Morgan fingerprint density at radius 2 is 1.29 bits per heavy atom. The van der Waals surface area contributed by atoms with Gasteiger partial charge in [-0.05, 0) is 53.9 Å². The standard InChI is InChI=1S/C17H16/c1-11-5-7-16-13(3)17-9-12(2)4-6-14(17)10-15(16)8-11/h4-10H,1-3H3. The predicted octanol–water partition coefficient (Wildman–Crippen LogP) is 4.92. The molecule has 17 heavy (non-hydrogen) atoms. The molecule has 0 spiro atoms. The minimum Gasteiger partial charge on any atom is -0.0587 e. The van der Waals surface area contributed by atoms with Crippen molar-refractivity contribution < 1.29 is 0 Å². The van der Waals surface area contributed by atoms with Gasteiger partial charge in [0, 0.05) is 0 Å². The molecule has 0 aliphatic carbocycles. The number of hydrogen-bond acceptors (Lipinski definition) is 0. The zero-order valence-electron chi connectivity index (χ0n) is 10.5. The molecule has 0 heteroatoms. The van der Waals surface area contributed by atoms with E-state index in [9.17, 15) is 0 Å². The molecule has 0 atom stereocenters. The second-order valence-electron chi connectivity index (χ2n) is 4.95. The summed E-state index contributed by atoms with van der Waals surface area (Å²) in [6.07, 6.45) is 0. The summed E-state index contributed by atoms with van der Waals surface area (Å²) in [6, 6.07) is 15.7. The maximum atomic E-state index is 2.30. The summed E-state index contributed by atoms with van der Waals surface area (Å²) in [6.45, 7) is 6.52. The zero-order valence-corrected chi connectivity index (χ0v) is 10.5. The van der Waals surface area contributed by atoms with Crippen LogP contribution in [-0.2, 0) is 0 Å². The first-order valence-electron chi connectivity index (χ1n) is 6.05. The Balaban J connectivity index is 2.52. The summed E-state index contributed by atoms with van der Waals surface area (Å²) in [4.78, 5) is 0. The highest BCUT2D eigenvalue weighted by Gasteiger charge is 2.04. The van der Waals surface area contributed by atoms with Crippen molar-refractivity contribution >= 4 is 21.5 Å². The van der Waals surface area contributed by atoms with Gasteiger partial charge in [-0.25, -0.2) is 0 Å². The van der Waals surface area contributed by atoms with Crippen molar-refractivity contribution in [2.75, 3.05) is 0 Å². The van der Waals surface area contributed by atoms with Gasteiger partial charge in [0.05, 0.1) is 0 Å². The third-order valence-corrected chi connectivity index (χ3v) is 3.53. The molecule has 0 aliphatic rings. The second kappa shape index (κ2) is 3.59. The van der Waals surface area contributed by atoms with E-state index in [0.29, 0.717) is 0 Å². The van der Waals surface area contributed by atoms with E-state index in [4.69, 9.17) is 0 Å². The topological polar surface area (TPSA) is 0 Å². The first-order chi connectivity index (χ1) is 8.15. The highest BCUT2D eigenvalue weighted by atomic mass is 14.1. The average Bonchev–Trinajstić information content (AvgIpc) is 2.30. The summed E-state index contributed by atoms with van der Waals surface area (Å²) < 4.78 is 0. The van der Waals surface area contributed by atoms with Crippen molar-refractivity contribution in [3.63, 3.8) is 0 Å². The largest absolute Gasteiger partial charge is 0.0587 e. The van der Waals surface area contributed by atoms with E-state index in [0.717, 1.165) is 0 Å². The number of rotatable bonds is 0. The molecular formula is C17H16. The Morgan fingerprint density at radius 1 is 0.588 bits per heavy atom. The first-order valence-corrected chi connectivity index (χ1v) is 6.05. The molecule has 0 fully saturated rings. The smallest absolute Gasteiger partial charge is 0.0146 e. The minimum atomic E-state index is 1.32. The van der Waals surface area contributed by atoms with E-state index in [1.54, 1.807) is 0 Å². The molecule has 0 saturated heterocycles. The van der Waals surface area contributed by atoms with Crippen molar-refractivity contribution in [3.05, 3.63) is 59.2 Å². The summed E-state index contributed by atoms with van der Waals surface area (Å²) in [5.74, 6) is 0. The summed E-state index contributed by atoms with van der Waals surface area (Å²) in [7, 11) is 0. The van der Waals surface area contributed by atoms with Crippen LogP contribution in [-0.4, -0.2) is 0 Å². The Labute approximate surface area is 102 Å². The second-order valence-corrected chi connectivity index (χ2v) is 4.95. The number of benzene rings is 3. The van der Waals surface area contributed by atoms with Gasteiger partial charge in [-0.3, -0.25) is 0 Å². The van der Waals surface area contributed by atoms with Gasteiger partial charge in [0.1, 0.15) is 0 Å². The van der Waals surface area contributed by atoms with Gasteiger partial charge >= 0.3 is 0 Å². The van der Waals surface area contributed by atoms with Crippen LogP contribution in [0.5, 0.6) is 0 Å². The third-order valence-electron chi connectivity index (χ3n) is 3.53. The van der Waals surface area contributed by atoms with Gasteiger partial charge in [0.2, 0.25) is 0 Å². The lowest BCUT2D eigenvalue weighted by atomic mass is 9.96. The maximum Gasteiger partial charge on any atom is -0.0146 e. The molecule has 3 aromatic rings. The fourth-order valence-electron chi connectivity index (χ4n) is 2.58. The molecular weight excluding hydrogens is 204 g/mol. The summed E-state index contributed by atoms with van der Waals surface area (Å²) in [5.41, 5.74) is 4.04. The molecule has 0 aromatic heterocycles. The lowest BCUT2D eigenvalue weighted by Crippen LogP contribution is -1.85. The van der Waals surface area contributed by atoms with Crippen LogP contribution in [0.3, 0.4) is 0 Å². The van der Waals surface area contributed by atoms with Crippen molar-refractivity contribution in [3.8, 4) is 0 Å². The van der Waals surface area contributed by atoms with Crippen LogP contribution in [0.25, 0.3) is 21.5 Å². The highest BCUT2D eigenvalue weighted by Crippen LogP contribution is 2.29. The van der Waals surface area contributed by atoms with Gasteiger partial charge in [-0.2, -0.15) is 0 Å². The van der Waals surface area contributed by atoms with Crippen LogP contribution in [0, 0.1) is 20.8 Å². The lowest BCUT2D eigenvalue weighted by molar-refractivity contribution is 1.47. The van der Waals surface area contributed by atoms with Crippen molar-refractivity contribution in [2.45, 2.75) is 20.8 Å². The van der Waals surface area contributed by atoms with E-state index < -0.39 is 0 Å². The van der Waals surface area contributed by atoms with Crippen LogP contribution >= 0.6 is 0 Å². The fourth-order valence-corrected chi connectivity index (χ4v) is 2.58. The minimum absolute atomic E-state index is 1.32. The van der Waals surface area contributed by atoms with Gasteiger partial charge in [-0.15, -0.1) is 0 Å². The van der Waals surface area contributed by atoms with Crippen LogP contribution in [0.1, 0.15) is 16.7 Å². The average molecular weight is 220 g/mol. The van der Waals surface area contributed by atoms with Gasteiger partial charge in [-0.1, -0.05) is 47.5 Å². The van der Waals surface area contributed by atoms with Crippen molar-refractivity contribution in [2.24, 2.45) is 0 Å².